The van der Waals surface area contributed by atoms with Gasteiger partial charge in [-0.05, 0) is 42.0 Å². The second kappa shape index (κ2) is 10.1. The smallest absolute Gasteiger partial charge is 0.288 e. The highest BCUT2D eigenvalue weighted by molar-refractivity contribution is 7.89. The molecular formula is C24H19ClN4O7S. The molecule has 190 valence electrons. The summed E-state index contributed by atoms with van der Waals surface area (Å²) in [5.41, 5.74) is 0.218. The van der Waals surface area contributed by atoms with E-state index in [1.54, 1.807) is 30.3 Å². The van der Waals surface area contributed by atoms with E-state index in [1.807, 2.05) is 0 Å². The van der Waals surface area contributed by atoms with Gasteiger partial charge in [0.1, 0.15) is 11.1 Å². The van der Waals surface area contributed by atoms with Gasteiger partial charge in [0, 0.05) is 18.2 Å². The van der Waals surface area contributed by atoms with E-state index < -0.39 is 44.4 Å². The lowest BCUT2D eigenvalue weighted by molar-refractivity contribution is -0.384. The van der Waals surface area contributed by atoms with Crippen molar-refractivity contribution in [1.29, 1.82) is 0 Å². The number of nitro groups is 1. The monoisotopic (exact) mass is 542 g/mol. The molecule has 0 bridgehead atoms. The Balaban J connectivity index is 1.71. The molecule has 37 heavy (non-hydrogen) atoms. The third kappa shape index (κ3) is 5.35. The Morgan fingerprint density at radius 2 is 1.73 bits per heavy atom. The first-order valence-corrected chi connectivity index (χ1v) is 12.7. The topological polar surface area (TPSA) is 161 Å². The normalized spacial score (nSPS) is 15.6. The maximum Gasteiger partial charge on any atom is 0.288 e. The number of amides is 3. The van der Waals surface area contributed by atoms with Crippen LogP contribution in [0.15, 0.2) is 77.7 Å². The van der Waals surface area contributed by atoms with Crippen molar-refractivity contribution < 1.29 is 27.7 Å². The Hall–Kier alpha value is -4.13. The van der Waals surface area contributed by atoms with Gasteiger partial charge in [-0.15, -0.1) is 0 Å². The van der Waals surface area contributed by atoms with Gasteiger partial charge in [0.25, 0.3) is 17.5 Å². The van der Waals surface area contributed by atoms with Crippen LogP contribution in [-0.2, 0) is 26.2 Å². The van der Waals surface area contributed by atoms with Crippen LogP contribution < -0.4 is 10.0 Å². The molecule has 1 aliphatic rings. The zero-order valence-electron chi connectivity index (χ0n) is 19.0. The number of hydrogen-bond acceptors (Lipinski definition) is 7. The molecule has 1 fully saturated rings. The standard InChI is InChI=1S/C24H19ClN4O7S/c25-19-11-6-16(12-20(19)29(33)34)23(31)27(14-15-4-2-1-3-5-15)21-13-22(30)28(24(21)32)17-7-9-18(10-8-17)37(26,35)36/h1-12,21H,13-14H2,(H2,26,35,36). The van der Waals surface area contributed by atoms with Crippen molar-refractivity contribution in [1.82, 2.24) is 4.90 Å². The van der Waals surface area contributed by atoms with E-state index in [4.69, 9.17) is 16.7 Å². The molecule has 13 heteroatoms. The molecule has 0 radical (unpaired) electrons. The minimum Gasteiger partial charge on any atom is -0.322 e. The van der Waals surface area contributed by atoms with Gasteiger partial charge < -0.3 is 4.90 Å². The largest absolute Gasteiger partial charge is 0.322 e. The quantitative estimate of drug-likeness (QED) is 0.273. The maximum absolute atomic E-state index is 13.6. The number of halogens is 1. The number of nitrogens with zero attached hydrogens (tertiary/aromatic N) is 3. The molecule has 1 saturated heterocycles. The zero-order chi connectivity index (χ0) is 26.9. The number of nitrogens with two attached hydrogens (primary N) is 1. The molecule has 0 spiro atoms. The number of nitro benzene ring substituents is 1. The molecule has 2 N–H and O–H groups in total. The minimum atomic E-state index is -3.98. The maximum atomic E-state index is 13.6. The fraction of sp³-hybridized carbons (Fsp3) is 0.125. The Bertz CT molecular complexity index is 1510. The summed E-state index contributed by atoms with van der Waals surface area (Å²) in [5, 5.41) is 16.3. The van der Waals surface area contributed by atoms with Crippen LogP contribution in [0.3, 0.4) is 0 Å². The molecule has 4 rings (SSSR count). The van der Waals surface area contributed by atoms with E-state index in [1.165, 1.54) is 29.2 Å². The molecule has 1 unspecified atom stereocenters. The summed E-state index contributed by atoms with van der Waals surface area (Å²) in [5.74, 6) is -2.02. The Morgan fingerprint density at radius 1 is 1.08 bits per heavy atom. The molecule has 1 aliphatic heterocycles. The predicted octanol–water partition coefficient (Wildman–Crippen LogP) is 2.87. The molecule has 1 atom stereocenters. The second-order valence-electron chi connectivity index (χ2n) is 8.17. The first kappa shape index (κ1) is 25.9. The Kier molecular flexibility index (Phi) is 7.07. The first-order valence-electron chi connectivity index (χ1n) is 10.8. The third-order valence-electron chi connectivity index (χ3n) is 5.77. The highest BCUT2D eigenvalue weighted by Crippen LogP contribution is 2.30. The SMILES string of the molecule is NS(=O)(=O)c1ccc(N2C(=O)CC(N(Cc3ccccc3)C(=O)c3ccc(Cl)c([N+](=O)[O-])c3)C2=O)cc1. The highest BCUT2D eigenvalue weighted by atomic mass is 35.5. The number of primary sulfonamides is 1. The lowest BCUT2D eigenvalue weighted by atomic mass is 10.1. The first-order chi connectivity index (χ1) is 17.5. The van der Waals surface area contributed by atoms with Crippen molar-refractivity contribution in [3.05, 3.63) is 99.1 Å². The van der Waals surface area contributed by atoms with Gasteiger partial charge in [-0.2, -0.15) is 0 Å². The number of hydrogen-bond donors (Lipinski definition) is 1. The molecule has 3 amide bonds. The van der Waals surface area contributed by atoms with Crippen molar-refractivity contribution >= 4 is 50.7 Å². The Labute approximate surface area is 216 Å². The van der Waals surface area contributed by atoms with E-state index >= 15 is 0 Å². The van der Waals surface area contributed by atoms with Gasteiger partial charge >= 0.3 is 0 Å². The van der Waals surface area contributed by atoms with Gasteiger partial charge in [-0.3, -0.25) is 24.5 Å². The summed E-state index contributed by atoms with van der Waals surface area (Å²) in [6.45, 7) is -0.0576. The average Bonchev–Trinajstić information content (AvgIpc) is 3.15. The van der Waals surface area contributed by atoms with Crippen molar-refractivity contribution in [2.24, 2.45) is 5.14 Å². The van der Waals surface area contributed by atoms with Crippen LogP contribution in [0.5, 0.6) is 0 Å². The zero-order valence-corrected chi connectivity index (χ0v) is 20.6. The minimum absolute atomic E-state index is 0.0576. The number of sulfonamides is 1. The summed E-state index contributed by atoms with van der Waals surface area (Å²) >= 11 is 5.88. The van der Waals surface area contributed by atoms with Crippen molar-refractivity contribution in [3.63, 3.8) is 0 Å². The predicted molar refractivity (Wildman–Crippen MR) is 133 cm³/mol. The molecule has 0 aliphatic carbocycles. The molecule has 0 saturated carbocycles. The van der Waals surface area contributed by atoms with Gasteiger partial charge in [-0.25, -0.2) is 18.5 Å². The third-order valence-corrected chi connectivity index (χ3v) is 7.02. The Morgan fingerprint density at radius 3 is 2.32 bits per heavy atom. The van der Waals surface area contributed by atoms with Crippen LogP contribution in [0.25, 0.3) is 0 Å². The summed E-state index contributed by atoms with van der Waals surface area (Å²) in [7, 11) is -3.98. The van der Waals surface area contributed by atoms with Crippen LogP contribution >= 0.6 is 11.6 Å². The van der Waals surface area contributed by atoms with Crippen molar-refractivity contribution in [2.45, 2.75) is 23.9 Å². The van der Waals surface area contributed by atoms with Crippen LogP contribution in [0.4, 0.5) is 11.4 Å². The molecule has 3 aromatic carbocycles. The van der Waals surface area contributed by atoms with E-state index in [0.29, 0.717) is 5.56 Å². The molecule has 1 heterocycles. The number of imide groups is 1. The van der Waals surface area contributed by atoms with E-state index in [2.05, 4.69) is 0 Å². The average molecular weight is 543 g/mol. The summed E-state index contributed by atoms with van der Waals surface area (Å²) < 4.78 is 23.1. The lowest BCUT2D eigenvalue weighted by Gasteiger charge is -2.28. The van der Waals surface area contributed by atoms with Crippen LogP contribution in [-0.4, -0.2) is 42.0 Å². The number of rotatable bonds is 7. The van der Waals surface area contributed by atoms with E-state index in [9.17, 15) is 32.9 Å². The molecular weight excluding hydrogens is 524 g/mol. The molecule has 3 aromatic rings. The number of benzene rings is 3. The van der Waals surface area contributed by atoms with Gasteiger partial charge in [0.2, 0.25) is 15.9 Å². The van der Waals surface area contributed by atoms with Crippen molar-refractivity contribution in [2.75, 3.05) is 4.90 Å². The van der Waals surface area contributed by atoms with Gasteiger partial charge in [0.05, 0.1) is 21.9 Å². The number of carbonyl (C=O) groups excluding carboxylic acids is 3. The van der Waals surface area contributed by atoms with Gasteiger partial charge in [0.15, 0.2) is 0 Å². The summed E-state index contributed by atoms with van der Waals surface area (Å²) in [6, 6.07) is 15.9. The second-order valence-corrected chi connectivity index (χ2v) is 10.1. The highest BCUT2D eigenvalue weighted by Gasteiger charge is 2.44. The van der Waals surface area contributed by atoms with Crippen LogP contribution in [0.1, 0.15) is 22.3 Å². The molecule has 11 nitrogen and oxygen atoms in total. The fourth-order valence-corrected chi connectivity index (χ4v) is 4.67. The van der Waals surface area contributed by atoms with E-state index in [0.717, 1.165) is 23.1 Å². The fourth-order valence-electron chi connectivity index (χ4n) is 3.97. The van der Waals surface area contributed by atoms with E-state index in [-0.39, 0.29) is 34.1 Å². The number of carbonyl (C=O) groups is 3. The van der Waals surface area contributed by atoms with Gasteiger partial charge in [-0.1, -0.05) is 41.9 Å². The van der Waals surface area contributed by atoms with Crippen LogP contribution in [0, 0.1) is 10.1 Å². The van der Waals surface area contributed by atoms with Crippen LogP contribution in [0.2, 0.25) is 5.02 Å². The molecule has 0 aromatic heterocycles. The lowest BCUT2D eigenvalue weighted by Crippen LogP contribution is -2.45. The summed E-state index contributed by atoms with van der Waals surface area (Å²) in [4.78, 5) is 52.4. The summed E-state index contributed by atoms with van der Waals surface area (Å²) in [6.07, 6.45) is -0.343. The number of anilines is 1. The van der Waals surface area contributed by atoms with Crippen molar-refractivity contribution in [3.8, 4) is 0 Å².